The fourth-order valence-electron chi connectivity index (χ4n) is 1.10. The first-order valence-electron chi connectivity index (χ1n) is 4.29. The minimum Gasteiger partial charge on any atom is -0.277 e. The highest BCUT2D eigenvalue weighted by Gasteiger charge is 2.58. The van der Waals surface area contributed by atoms with Crippen LogP contribution in [0.3, 0.4) is 0 Å². The predicted molar refractivity (Wildman–Crippen MR) is 53.2 cm³/mol. The lowest BCUT2D eigenvalue weighted by Crippen LogP contribution is -2.50. The van der Waals surface area contributed by atoms with Gasteiger partial charge in [0, 0.05) is 5.56 Å². The van der Waals surface area contributed by atoms with E-state index in [0.717, 1.165) is 0 Å². The van der Waals surface area contributed by atoms with Crippen LogP contribution in [-0.2, 0) is 0 Å². The van der Waals surface area contributed by atoms with E-state index in [2.05, 4.69) is 0 Å². The number of nitro groups is 2. The maximum absolute atomic E-state index is 11.7. The lowest BCUT2D eigenvalue weighted by Gasteiger charge is -2.10. The molecule has 7 nitrogen and oxygen atoms in total. The van der Waals surface area contributed by atoms with E-state index in [9.17, 15) is 25.0 Å². The summed E-state index contributed by atoms with van der Waals surface area (Å²) in [5.41, 5.74) is -2.89. The molecule has 0 atom stereocenters. The molecule has 0 saturated carbocycles. The highest BCUT2D eigenvalue weighted by atomic mass is 16.7. The van der Waals surface area contributed by atoms with Crippen molar-refractivity contribution in [3.05, 3.63) is 56.1 Å². The first-order valence-corrected chi connectivity index (χ1v) is 4.29. The summed E-state index contributed by atoms with van der Waals surface area (Å²) in [4.78, 5) is 30.5. The fourth-order valence-corrected chi connectivity index (χ4v) is 1.10. The molecular weight excluding hydrogens is 216 g/mol. The molecule has 1 rings (SSSR count). The Hall–Kier alpha value is -2.31. The lowest BCUT2D eigenvalue weighted by molar-refractivity contribution is -0.769. The second-order valence-electron chi connectivity index (χ2n) is 3.23. The molecule has 0 saturated heterocycles. The van der Waals surface area contributed by atoms with Gasteiger partial charge in [0.2, 0.25) is 0 Å². The van der Waals surface area contributed by atoms with Crippen LogP contribution < -0.4 is 0 Å². The number of nitrogens with zero attached hydrogens (tertiary/aromatic N) is 2. The maximum atomic E-state index is 11.7. The minimum atomic E-state index is -2.83. The first-order chi connectivity index (χ1) is 7.40. The summed E-state index contributed by atoms with van der Waals surface area (Å²) in [6.45, 7) is 0.683. The molecule has 0 fully saturated rings. The number of ketones is 1. The zero-order valence-corrected chi connectivity index (χ0v) is 8.32. The molecular formula is C9H8N2O5. The van der Waals surface area contributed by atoms with E-state index in [-0.39, 0.29) is 5.56 Å². The highest BCUT2D eigenvalue weighted by Crippen LogP contribution is 2.17. The molecule has 0 amide bonds. The number of carbonyl (C=O) groups is 1. The summed E-state index contributed by atoms with van der Waals surface area (Å²) in [5, 5.41) is 21.2. The number of benzene rings is 1. The van der Waals surface area contributed by atoms with Crippen LogP contribution in [0.2, 0.25) is 0 Å². The van der Waals surface area contributed by atoms with Crippen LogP contribution in [0.4, 0.5) is 0 Å². The normalized spacial score (nSPS) is 10.8. The van der Waals surface area contributed by atoms with Gasteiger partial charge in [0.15, 0.2) is 0 Å². The van der Waals surface area contributed by atoms with E-state index in [1.807, 2.05) is 0 Å². The number of hydrogen-bond donors (Lipinski definition) is 0. The third-order valence-corrected chi connectivity index (χ3v) is 2.18. The van der Waals surface area contributed by atoms with Crippen LogP contribution >= 0.6 is 0 Å². The van der Waals surface area contributed by atoms with Crippen LogP contribution in [-0.4, -0.2) is 21.3 Å². The molecule has 0 aliphatic rings. The molecule has 0 bridgehead atoms. The predicted octanol–water partition coefficient (Wildman–Crippen LogP) is 1.14. The molecule has 0 heterocycles. The Kier molecular flexibility index (Phi) is 2.98. The van der Waals surface area contributed by atoms with Gasteiger partial charge in [0.25, 0.3) is 0 Å². The smallest absolute Gasteiger partial charge is 0.277 e. The van der Waals surface area contributed by atoms with Gasteiger partial charge in [-0.3, -0.25) is 25.0 Å². The van der Waals surface area contributed by atoms with E-state index in [0.29, 0.717) is 6.92 Å². The molecule has 16 heavy (non-hydrogen) atoms. The Bertz CT molecular complexity index is 428. The largest absolute Gasteiger partial charge is 0.517 e. The molecule has 1 aromatic carbocycles. The van der Waals surface area contributed by atoms with Crippen molar-refractivity contribution in [2.75, 3.05) is 0 Å². The van der Waals surface area contributed by atoms with Gasteiger partial charge in [-0.25, -0.2) is 0 Å². The van der Waals surface area contributed by atoms with E-state index < -0.39 is 21.3 Å². The third-order valence-electron chi connectivity index (χ3n) is 2.18. The number of carbonyl (C=O) groups excluding carboxylic acids is 1. The molecule has 84 valence electrons. The van der Waals surface area contributed by atoms with Crippen LogP contribution in [0.25, 0.3) is 0 Å². The Balaban J connectivity index is 3.22. The Labute approximate surface area is 90.0 Å². The maximum Gasteiger partial charge on any atom is 0.517 e. The third kappa shape index (κ3) is 1.74. The molecule has 0 spiro atoms. The van der Waals surface area contributed by atoms with Crippen molar-refractivity contribution in [2.24, 2.45) is 0 Å². The van der Waals surface area contributed by atoms with Crippen LogP contribution in [0.1, 0.15) is 17.3 Å². The van der Waals surface area contributed by atoms with Gasteiger partial charge < -0.3 is 0 Å². The first kappa shape index (κ1) is 11.8. The van der Waals surface area contributed by atoms with E-state index in [4.69, 9.17) is 0 Å². The average Bonchev–Trinajstić information content (AvgIpc) is 2.27. The van der Waals surface area contributed by atoms with Gasteiger partial charge in [0.1, 0.15) is 9.85 Å². The zero-order valence-electron chi connectivity index (χ0n) is 8.32. The summed E-state index contributed by atoms with van der Waals surface area (Å²) in [5.74, 6) is -1.14. The van der Waals surface area contributed by atoms with Gasteiger partial charge in [0.05, 0.1) is 6.92 Å². The van der Waals surface area contributed by atoms with Crippen molar-refractivity contribution >= 4 is 5.78 Å². The van der Waals surface area contributed by atoms with Crippen molar-refractivity contribution < 1.29 is 14.6 Å². The molecule has 0 radical (unpaired) electrons. The fraction of sp³-hybridized carbons (Fsp3) is 0.222. The molecule has 0 aliphatic carbocycles. The Morgan fingerprint density at radius 1 is 1.12 bits per heavy atom. The molecule has 1 aromatic rings. The molecule has 0 aromatic heterocycles. The van der Waals surface area contributed by atoms with Gasteiger partial charge in [-0.15, -0.1) is 0 Å². The van der Waals surface area contributed by atoms with E-state index in [1.54, 1.807) is 6.07 Å². The topological polar surface area (TPSA) is 103 Å². The Morgan fingerprint density at radius 3 is 1.94 bits per heavy atom. The van der Waals surface area contributed by atoms with Crippen molar-refractivity contribution in [2.45, 2.75) is 12.6 Å². The van der Waals surface area contributed by atoms with Crippen molar-refractivity contribution in [1.82, 2.24) is 0 Å². The van der Waals surface area contributed by atoms with Crippen LogP contribution in [0.5, 0.6) is 0 Å². The van der Waals surface area contributed by atoms with Crippen molar-refractivity contribution in [3.8, 4) is 0 Å². The molecule has 0 unspecified atom stereocenters. The Morgan fingerprint density at radius 2 is 1.56 bits per heavy atom. The minimum absolute atomic E-state index is 0.0570. The lowest BCUT2D eigenvalue weighted by atomic mass is 10.0. The molecule has 7 heteroatoms. The number of hydrogen-bond acceptors (Lipinski definition) is 5. The summed E-state index contributed by atoms with van der Waals surface area (Å²) in [7, 11) is 0. The zero-order chi connectivity index (χ0) is 12.3. The molecule has 0 N–H and O–H groups in total. The summed E-state index contributed by atoms with van der Waals surface area (Å²) >= 11 is 0. The number of rotatable bonds is 4. The quantitative estimate of drug-likeness (QED) is 0.330. The summed E-state index contributed by atoms with van der Waals surface area (Å²) in [6.07, 6.45) is 0. The number of Topliss-reactive ketones (excluding diaryl/α,β-unsaturated/α-hetero) is 1. The van der Waals surface area contributed by atoms with Crippen molar-refractivity contribution in [3.63, 3.8) is 0 Å². The van der Waals surface area contributed by atoms with Crippen LogP contribution in [0.15, 0.2) is 30.3 Å². The standard InChI is InChI=1S/C9H8N2O5/c1-9(10(13)14,11(15)16)8(12)7-5-3-2-4-6-7/h2-6H,1H3. The molecule has 0 aliphatic heterocycles. The van der Waals surface area contributed by atoms with Gasteiger partial charge >= 0.3 is 11.4 Å². The summed E-state index contributed by atoms with van der Waals surface area (Å²) < 4.78 is 0. The monoisotopic (exact) mass is 224 g/mol. The van der Waals surface area contributed by atoms with Crippen LogP contribution in [0, 0.1) is 20.2 Å². The van der Waals surface area contributed by atoms with E-state index in [1.165, 1.54) is 24.3 Å². The highest BCUT2D eigenvalue weighted by molar-refractivity contribution is 6.00. The SMILES string of the molecule is CC(C(=O)c1ccccc1)([N+](=O)[O-])[N+](=O)[O-]. The van der Waals surface area contributed by atoms with Gasteiger partial charge in [-0.2, -0.15) is 0 Å². The van der Waals surface area contributed by atoms with Gasteiger partial charge in [-0.1, -0.05) is 30.3 Å². The summed E-state index contributed by atoms with van der Waals surface area (Å²) in [6, 6.07) is 7.16. The average molecular weight is 224 g/mol. The van der Waals surface area contributed by atoms with Crippen molar-refractivity contribution in [1.29, 1.82) is 0 Å². The second kappa shape index (κ2) is 4.05. The second-order valence-corrected chi connectivity index (χ2v) is 3.23. The van der Waals surface area contributed by atoms with E-state index >= 15 is 0 Å². The van der Waals surface area contributed by atoms with Gasteiger partial charge in [-0.05, 0) is 0 Å².